The Kier molecular flexibility index (Phi) is 2.65. The second kappa shape index (κ2) is 3.87. The molecule has 0 aromatic carbocycles. The number of pyridine rings is 1. The standard InChI is InChI=1S/C13H16N2O2/c1-13(2,3)10-8-15-7-9(12(16)17-4)5-6-11(15)14-10/h5-8H,1-4H3. The first-order valence-electron chi connectivity index (χ1n) is 5.49. The van der Waals surface area contributed by atoms with Crippen LogP contribution in [-0.2, 0) is 10.2 Å². The fraction of sp³-hybridized carbons (Fsp3) is 0.385. The van der Waals surface area contributed by atoms with Gasteiger partial charge in [0.15, 0.2) is 0 Å². The van der Waals surface area contributed by atoms with E-state index in [2.05, 4.69) is 30.5 Å². The lowest BCUT2D eigenvalue weighted by molar-refractivity contribution is 0.0600. The van der Waals surface area contributed by atoms with Gasteiger partial charge in [0.1, 0.15) is 5.65 Å². The molecule has 90 valence electrons. The molecular formula is C13H16N2O2. The van der Waals surface area contributed by atoms with E-state index in [1.165, 1.54) is 7.11 Å². The van der Waals surface area contributed by atoms with Crippen LogP contribution in [0.1, 0.15) is 36.8 Å². The molecule has 2 aromatic rings. The van der Waals surface area contributed by atoms with Crippen molar-refractivity contribution < 1.29 is 9.53 Å². The van der Waals surface area contributed by atoms with Crippen LogP contribution in [0.2, 0.25) is 0 Å². The first-order chi connectivity index (χ1) is 7.91. The molecule has 0 unspecified atom stereocenters. The molecule has 0 spiro atoms. The highest BCUT2D eigenvalue weighted by Gasteiger charge is 2.18. The molecule has 17 heavy (non-hydrogen) atoms. The average Bonchev–Trinajstić information content (AvgIpc) is 2.70. The Hall–Kier alpha value is -1.84. The third-order valence-corrected chi connectivity index (χ3v) is 2.64. The summed E-state index contributed by atoms with van der Waals surface area (Å²) in [4.78, 5) is 15.9. The van der Waals surface area contributed by atoms with Crippen molar-refractivity contribution in [1.82, 2.24) is 9.38 Å². The minimum atomic E-state index is -0.335. The summed E-state index contributed by atoms with van der Waals surface area (Å²) in [5.41, 5.74) is 2.36. The van der Waals surface area contributed by atoms with E-state index >= 15 is 0 Å². The number of fused-ring (bicyclic) bond motifs is 1. The molecule has 0 aliphatic carbocycles. The van der Waals surface area contributed by atoms with Gasteiger partial charge in [0.25, 0.3) is 0 Å². The molecule has 0 saturated heterocycles. The number of aromatic nitrogens is 2. The third kappa shape index (κ3) is 2.16. The Morgan fingerprint density at radius 1 is 1.29 bits per heavy atom. The van der Waals surface area contributed by atoms with Crippen molar-refractivity contribution in [2.75, 3.05) is 7.11 Å². The Bertz CT molecular complexity index is 564. The fourth-order valence-electron chi connectivity index (χ4n) is 1.59. The molecule has 2 aromatic heterocycles. The summed E-state index contributed by atoms with van der Waals surface area (Å²) in [6.07, 6.45) is 3.69. The molecule has 0 bridgehead atoms. The van der Waals surface area contributed by atoms with E-state index in [0.29, 0.717) is 5.56 Å². The van der Waals surface area contributed by atoms with Gasteiger partial charge < -0.3 is 9.14 Å². The summed E-state index contributed by atoms with van der Waals surface area (Å²) in [7, 11) is 1.38. The van der Waals surface area contributed by atoms with Gasteiger partial charge in [-0.1, -0.05) is 20.8 Å². The molecule has 0 fully saturated rings. The van der Waals surface area contributed by atoms with Gasteiger partial charge in [-0.3, -0.25) is 0 Å². The van der Waals surface area contributed by atoms with Gasteiger partial charge in [-0.25, -0.2) is 9.78 Å². The maximum Gasteiger partial charge on any atom is 0.339 e. The van der Waals surface area contributed by atoms with E-state index in [4.69, 9.17) is 0 Å². The Morgan fingerprint density at radius 3 is 2.59 bits per heavy atom. The van der Waals surface area contributed by atoms with Gasteiger partial charge in [-0.15, -0.1) is 0 Å². The minimum Gasteiger partial charge on any atom is -0.465 e. The molecular weight excluding hydrogens is 216 g/mol. The zero-order valence-corrected chi connectivity index (χ0v) is 10.5. The minimum absolute atomic E-state index is 0.00253. The molecule has 0 radical (unpaired) electrons. The van der Waals surface area contributed by atoms with Crippen LogP contribution >= 0.6 is 0 Å². The Labute approximate surface area is 100 Å². The quantitative estimate of drug-likeness (QED) is 0.709. The highest BCUT2D eigenvalue weighted by Crippen LogP contribution is 2.21. The maximum atomic E-state index is 11.4. The predicted molar refractivity (Wildman–Crippen MR) is 65.2 cm³/mol. The number of hydrogen-bond acceptors (Lipinski definition) is 3. The molecule has 2 heterocycles. The summed E-state index contributed by atoms with van der Waals surface area (Å²) in [6.45, 7) is 6.32. The molecule has 0 atom stereocenters. The van der Waals surface area contributed by atoms with E-state index in [-0.39, 0.29) is 11.4 Å². The highest BCUT2D eigenvalue weighted by atomic mass is 16.5. The van der Waals surface area contributed by atoms with E-state index in [9.17, 15) is 4.79 Å². The number of nitrogens with zero attached hydrogens (tertiary/aromatic N) is 2. The summed E-state index contributed by atoms with van der Waals surface area (Å²) >= 11 is 0. The lowest BCUT2D eigenvalue weighted by Gasteiger charge is -2.13. The lowest BCUT2D eigenvalue weighted by Crippen LogP contribution is -2.11. The number of rotatable bonds is 1. The van der Waals surface area contributed by atoms with Crippen molar-refractivity contribution in [3.8, 4) is 0 Å². The zero-order chi connectivity index (χ0) is 12.6. The highest BCUT2D eigenvalue weighted by molar-refractivity contribution is 5.89. The normalized spacial score (nSPS) is 11.8. The Morgan fingerprint density at radius 2 is 2.00 bits per heavy atom. The number of hydrogen-bond donors (Lipinski definition) is 0. The summed E-state index contributed by atoms with van der Waals surface area (Å²) in [5, 5.41) is 0. The van der Waals surface area contributed by atoms with Gasteiger partial charge >= 0.3 is 5.97 Å². The second-order valence-corrected chi connectivity index (χ2v) is 5.05. The van der Waals surface area contributed by atoms with Crippen molar-refractivity contribution in [3.63, 3.8) is 0 Å². The largest absolute Gasteiger partial charge is 0.465 e. The van der Waals surface area contributed by atoms with Crippen molar-refractivity contribution in [2.24, 2.45) is 0 Å². The van der Waals surface area contributed by atoms with Crippen LogP contribution < -0.4 is 0 Å². The summed E-state index contributed by atoms with van der Waals surface area (Å²) < 4.78 is 6.54. The van der Waals surface area contributed by atoms with Crippen LogP contribution in [0.15, 0.2) is 24.5 Å². The van der Waals surface area contributed by atoms with Gasteiger partial charge in [-0.05, 0) is 12.1 Å². The number of methoxy groups -OCH3 is 1. The zero-order valence-electron chi connectivity index (χ0n) is 10.5. The first kappa shape index (κ1) is 11.6. The SMILES string of the molecule is COC(=O)c1ccc2nc(C(C)(C)C)cn2c1. The lowest BCUT2D eigenvalue weighted by atomic mass is 9.93. The third-order valence-electron chi connectivity index (χ3n) is 2.64. The number of carbonyl (C=O) groups is 1. The number of carbonyl (C=O) groups excluding carboxylic acids is 1. The van der Waals surface area contributed by atoms with Crippen LogP contribution in [0.5, 0.6) is 0 Å². The van der Waals surface area contributed by atoms with Gasteiger partial charge in [0.2, 0.25) is 0 Å². The fourth-order valence-corrected chi connectivity index (χ4v) is 1.59. The molecule has 2 rings (SSSR count). The second-order valence-electron chi connectivity index (χ2n) is 5.05. The average molecular weight is 232 g/mol. The molecule has 0 amide bonds. The number of imidazole rings is 1. The molecule has 4 heteroatoms. The van der Waals surface area contributed by atoms with Crippen molar-refractivity contribution in [3.05, 3.63) is 35.8 Å². The smallest absolute Gasteiger partial charge is 0.339 e. The molecule has 0 N–H and O–H groups in total. The monoisotopic (exact) mass is 232 g/mol. The van der Waals surface area contributed by atoms with E-state index in [0.717, 1.165) is 11.3 Å². The summed E-state index contributed by atoms with van der Waals surface area (Å²) in [6, 6.07) is 3.54. The first-order valence-corrected chi connectivity index (χ1v) is 5.49. The van der Waals surface area contributed by atoms with Crippen LogP contribution in [0.3, 0.4) is 0 Å². The van der Waals surface area contributed by atoms with Crippen LogP contribution in [0, 0.1) is 0 Å². The molecule has 0 aliphatic heterocycles. The topological polar surface area (TPSA) is 43.6 Å². The van der Waals surface area contributed by atoms with Crippen LogP contribution in [-0.4, -0.2) is 22.5 Å². The van der Waals surface area contributed by atoms with E-state index in [1.807, 2.05) is 16.7 Å². The van der Waals surface area contributed by atoms with Crippen molar-refractivity contribution in [2.45, 2.75) is 26.2 Å². The van der Waals surface area contributed by atoms with Crippen LogP contribution in [0.25, 0.3) is 5.65 Å². The Balaban J connectivity index is 2.52. The maximum absolute atomic E-state index is 11.4. The van der Waals surface area contributed by atoms with Gasteiger partial charge in [-0.2, -0.15) is 0 Å². The summed E-state index contributed by atoms with van der Waals surface area (Å²) in [5.74, 6) is -0.335. The van der Waals surface area contributed by atoms with E-state index in [1.54, 1.807) is 12.3 Å². The van der Waals surface area contributed by atoms with Crippen molar-refractivity contribution in [1.29, 1.82) is 0 Å². The number of ether oxygens (including phenoxy) is 1. The van der Waals surface area contributed by atoms with Crippen LogP contribution in [0.4, 0.5) is 0 Å². The predicted octanol–water partition coefficient (Wildman–Crippen LogP) is 2.42. The number of esters is 1. The van der Waals surface area contributed by atoms with Gasteiger partial charge in [0.05, 0.1) is 18.4 Å². The molecule has 4 nitrogen and oxygen atoms in total. The van der Waals surface area contributed by atoms with Crippen molar-refractivity contribution >= 4 is 11.6 Å². The molecule has 0 saturated carbocycles. The molecule has 0 aliphatic rings. The van der Waals surface area contributed by atoms with Gasteiger partial charge in [0, 0.05) is 17.8 Å². The van der Waals surface area contributed by atoms with E-state index < -0.39 is 0 Å².